The normalized spacial score (nSPS) is 10.6. The van der Waals surface area contributed by atoms with Crippen LogP contribution in [0.25, 0.3) is 16.6 Å². The van der Waals surface area contributed by atoms with E-state index >= 15 is 0 Å². The van der Waals surface area contributed by atoms with Crippen molar-refractivity contribution in [1.29, 1.82) is 0 Å². The van der Waals surface area contributed by atoms with Crippen molar-refractivity contribution in [3.8, 4) is 0 Å². The molecule has 1 aromatic carbocycles. The van der Waals surface area contributed by atoms with E-state index in [9.17, 15) is 0 Å². The van der Waals surface area contributed by atoms with Gasteiger partial charge in [-0.2, -0.15) is 0 Å². The molecular weight excluding hydrogens is 238 g/mol. The first kappa shape index (κ1) is 11.8. The van der Waals surface area contributed by atoms with Crippen molar-refractivity contribution >= 4 is 29.0 Å². The molecule has 1 N–H and O–H groups in total. The fourth-order valence-corrected chi connectivity index (χ4v) is 1.96. The summed E-state index contributed by atoms with van der Waals surface area (Å²) < 4.78 is 1.99. The van der Waals surface area contributed by atoms with Crippen molar-refractivity contribution in [2.45, 2.75) is 6.42 Å². The van der Waals surface area contributed by atoms with Crippen LogP contribution in [0, 0.1) is 0 Å². The van der Waals surface area contributed by atoms with Gasteiger partial charge in [-0.05, 0) is 23.6 Å². The summed E-state index contributed by atoms with van der Waals surface area (Å²) in [6.07, 6.45) is 0.523. The van der Waals surface area contributed by atoms with E-state index in [2.05, 4.69) is 16.3 Å². The van der Waals surface area contributed by atoms with Crippen molar-refractivity contribution in [2.75, 3.05) is 6.61 Å². The number of rotatable bonds is 2. The average molecular weight is 250 g/mol. The standard InChI is InChI=1S/C12H11N3O.ClH/c16-8-7-12-14-13-11-6-5-9-3-1-2-4-10(9)15(11)12;/h1-6,16H,7-8H2;1H. The molecule has 0 spiro atoms. The number of benzene rings is 1. The number of aromatic nitrogens is 3. The number of halogens is 1. The highest BCUT2D eigenvalue weighted by molar-refractivity contribution is 5.85. The van der Waals surface area contributed by atoms with E-state index in [1.165, 1.54) is 0 Å². The third-order valence-corrected chi connectivity index (χ3v) is 2.68. The molecule has 0 aliphatic rings. The second-order valence-corrected chi connectivity index (χ2v) is 3.68. The number of nitrogens with zero attached hydrogens (tertiary/aromatic N) is 3. The van der Waals surface area contributed by atoms with Gasteiger partial charge in [-0.15, -0.1) is 22.6 Å². The molecule has 0 aliphatic carbocycles. The Morgan fingerprint density at radius 2 is 1.88 bits per heavy atom. The highest BCUT2D eigenvalue weighted by Gasteiger charge is 2.07. The molecular formula is C12H12ClN3O. The van der Waals surface area contributed by atoms with E-state index in [1.807, 2.05) is 34.7 Å². The molecule has 4 nitrogen and oxygen atoms in total. The molecule has 5 heteroatoms. The Bertz CT molecular complexity index is 650. The second-order valence-electron chi connectivity index (χ2n) is 3.68. The Hall–Kier alpha value is -1.65. The van der Waals surface area contributed by atoms with Gasteiger partial charge in [0.15, 0.2) is 5.65 Å². The van der Waals surface area contributed by atoms with Crippen LogP contribution in [0.3, 0.4) is 0 Å². The maximum absolute atomic E-state index is 8.99. The number of pyridine rings is 1. The summed E-state index contributed by atoms with van der Waals surface area (Å²) in [4.78, 5) is 0. The SMILES string of the molecule is Cl.OCCc1nnc2ccc3ccccc3n12. The zero-order valence-electron chi connectivity index (χ0n) is 9.08. The van der Waals surface area contributed by atoms with Crippen LogP contribution in [-0.4, -0.2) is 26.3 Å². The van der Waals surface area contributed by atoms with Crippen LogP contribution in [0.1, 0.15) is 5.82 Å². The van der Waals surface area contributed by atoms with Gasteiger partial charge in [-0.25, -0.2) is 0 Å². The highest BCUT2D eigenvalue weighted by Crippen LogP contribution is 2.17. The maximum Gasteiger partial charge on any atom is 0.161 e. The molecule has 88 valence electrons. The zero-order valence-corrected chi connectivity index (χ0v) is 9.89. The van der Waals surface area contributed by atoms with Gasteiger partial charge in [-0.3, -0.25) is 4.40 Å². The Labute approximate surface area is 104 Å². The molecule has 3 rings (SSSR count). The lowest BCUT2D eigenvalue weighted by atomic mass is 10.2. The van der Waals surface area contributed by atoms with Crippen LogP contribution in [-0.2, 0) is 6.42 Å². The second kappa shape index (κ2) is 4.69. The molecule has 2 aromatic heterocycles. The first-order chi connectivity index (χ1) is 7.90. The van der Waals surface area contributed by atoms with Gasteiger partial charge < -0.3 is 5.11 Å². The van der Waals surface area contributed by atoms with Crippen LogP contribution in [0.5, 0.6) is 0 Å². The molecule has 2 heterocycles. The molecule has 0 saturated carbocycles. The minimum atomic E-state index is 0. The van der Waals surface area contributed by atoms with Crippen LogP contribution < -0.4 is 0 Å². The zero-order chi connectivity index (χ0) is 11.0. The molecule has 0 aliphatic heterocycles. The lowest BCUT2D eigenvalue weighted by Crippen LogP contribution is -1.99. The van der Waals surface area contributed by atoms with E-state index in [0.29, 0.717) is 6.42 Å². The summed E-state index contributed by atoms with van der Waals surface area (Å²) in [6, 6.07) is 12.1. The number of aliphatic hydroxyl groups excluding tert-OH is 1. The van der Waals surface area contributed by atoms with Crippen LogP contribution >= 0.6 is 12.4 Å². The number of fused-ring (bicyclic) bond motifs is 3. The average Bonchev–Trinajstić information content (AvgIpc) is 2.73. The van der Waals surface area contributed by atoms with E-state index in [1.54, 1.807) is 0 Å². The largest absolute Gasteiger partial charge is 0.396 e. The molecule has 0 atom stereocenters. The fourth-order valence-electron chi connectivity index (χ4n) is 1.96. The Kier molecular flexibility index (Phi) is 3.26. The summed E-state index contributed by atoms with van der Waals surface area (Å²) >= 11 is 0. The Morgan fingerprint density at radius 3 is 2.71 bits per heavy atom. The van der Waals surface area contributed by atoms with Crippen molar-refractivity contribution in [2.24, 2.45) is 0 Å². The van der Waals surface area contributed by atoms with Gasteiger partial charge in [0.2, 0.25) is 0 Å². The number of aliphatic hydroxyl groups is 1. The van der Waals surface area contributed by atoms with Crippen LogP contribution in [0.2, 0.25) is 0 Å². The number of hydrogen-bond acceptors (Lipinski definition) is 3. The smallest absolute Gasteiger partial charge is 0.161 e. The van der Waals surface area contributed by atoms with E-state index in [-0.39, 0.29) is 19.0 Å². The molecule has 0 radical (unpaired) electrons. The van der Waals surface area contributed by atoms with Crippen molar-refractivity contribution in [1.82, 2.24) is 14.6 Å². The first-order valence-electron chi connectivity index (χ1n) is 5.23. The van der Waals surface area contributed by atoms with Gasteiger partial charge in [0.05, 0.1) is 12.1 Å². The highest BCUT2D eigenvalue weighted by atomic mass is 35.5. The number of hydrogen-bond donors (Lipinski definition) is 1. The predicted octanol–water partition coefficient (Wildman–Crippen LogP) is 1.84. The topological polar surface area (TPSA) is 50.4 Å². The van der Waals surface area contributed by atoms with Gasteiger partial charge in [0.25, 0.3) is 0 Å². The fraction of sp³-hybridized carbons (Fsp3) is 0.167. The molecule has 17 heavy (non-hydrogen) atoms. The summed E-state index contributed by atoms with van der Waals surface area (Å²) in [5.74, 6) is 0.800. The summed E-state index contributed by atoms with van der Waals surface area (Å²) in [5.41, 5.74) is 1.90. The molecule has 0 saturated heterocycles. The molecule has 3 aromatic rings. The molecule has 0 bridgehead atoms. The molecule has 0 unspecified atom stereocenters. The minimum Gasteiger partial charge on any atom is -0.396 e. The lowest BCUT2D eigenvalue weighted by molar-refractivity contribution is 0.296. The summed E-state index contributed by atoms with van der Waals surface area (Å²) in [5, 5.41) is 18.3. The van der Waals surface area contributed by atoms with Gasteiger partial charge in [0.1, 0.15) is 5.82 Å². The Balaban J connectivity index is 0.00000108. The van der Waals surface area contributed by atoms with Gasteiger partial charge >= 0.3 is 0 Å². The van der Waals surface area contributed by atoms with E-state index < -0.39 is 0 Å². The van der Waals surface area contributed by atoms with E-state index in [4.69, 9.17) is 5.11 Å². The summed E-state index contributed by atoms with van der Waals surface area (Å²) in [6.45, 7) is 0.0873. The first-order valence-corrected chi connectivity index (χ1v) is 5.23. The quantitative estimate of drug-likeness (QED) is 0.754. The van der Waals surface area contributed by atoms with Gasteiger partial charge in [-0.1, -0.05) is 18.2 Å². The third kappa shape index (κ3) is 1.85. The van der Waals surface area contributed by atoms with Crippen LogP contribution in [0.15, 0.2) is 36.4 Å². The number of para-hydroxylation sites is 1. The molecule has 0 amide bonds. The predicted molar refractivity (Wildman–Crippen MR) is 68.5 cm³/mol. The minimum absolute atomic E-state index is 0. The van der Waals surface area contributed by atoms with Crippen molar-refractivity contribution < 1.29 is 5.11 Å². The Morgan fingerprint density at radius 1 is 1.06 bits per heavy atom. The van der Waals surface area contributed by atoms with E-state index in [0.717, 1.165) is 22.4 Å². The third-order valence-electron chi connectivity index (χ3n) is 2.68. The maximum atomic E-state index is 8.99. The summed E-state index contributed by atoms with van der Waals surface area (Å²) in [7, 11) is 0. The van der Waals surface area contributed by atoms with Crippen LogP contribution in [0.4, 0.5) is 0 Å². The van der Waals surface area contributed by atoms with Gasteiger partial charge in [0, 0.05) is 6.42 Å². The molecule has 0 fully saturated rings. The lowest BCUT2D eigenvalue weighted by Gasteiger charge is -2.03. The van der Waals surface area contributed by atoms with Crippen molar-refractivity contribution in [3.05, 3.63) is 42.2 Å². The van der Waals surface area contributed by atoms with Crippen molar-refractivity contribution in [3.63, 3.8) is 0 Å². The monoisotopic (exact) mass is 249 g/mol.